The van der Waals surface area contributed by atoms with E-state index in [-0.39, 0.29) is 11.9 Å². The zero-order valence-corrected chi connectivity index (χ0v) is 18.7. The fraction of sp³-hybridized carbons (Fsp3) is 0.652. The highest BCUT2D eigenvalue weighted by Gasteiger charge is 2.57. The minimum absolute atomic E-state index is 0.0510. The topological polar surface area (TPSA) is 62.3 Å². The molecule has 2 aliphatic rings. The van der Waals surface area contributed by atoms with E-state index in [4.69, 9.17) is 9.47 Å². The molecule has 0 bridgehead atoms. The minimum atomic E-state index is -0.717. The molecule has 2 aliphatic heterocycles. The van der Waals surface area contributed by atoms with Crippen LogP contribution in [0.1, 0.15) is 38.7 Å². The van der Waals surface area contributed by atoms with Crippen LogP contribution >= 0.6 is 0 Å². The van der Waals surface area contributed by atoms with Gasteiger partial charge in [0.1, 0.15) is 11.3 Å². The van der Waals surface area contributed by atoms with E-state index in [1.165, 1.54) is 4.90 Å². The number of hydrogen-bond donors (Lipinski definition) is 0. The second kappa shape index (κ2) is 9.79. The van der Waals surface area contributed by atoms with E-state index in [0.29, 0.717) is 38.5 Å². The number of nitrogens with zero attached hydrogens (tertiary/aromatic N) is 3. The summed E-state index contributed by atoms with van der Waals surface area (Å²) in [5, 5.41) is 0. The second-order valence-corrected chi connectivity index (χ2v) is 8.75. The maximum absolute atomic E-state index is 13.6. The number of ether oxygens (including phenoxy) is 2. The first-order valence-corrected chi connectivity index (χ1v) is 10.9. The van der Waals surface area contributed by atoms with Gasteiger partial charge in [-0.15, -0.1) is 0 Å². The van der Waals surface area contributed by atoms with Gasteiger partial charge in [-0.3, -0.25) is 9.69 Å². The number of piperidine rings is 1. The molecule has 1 aromatic carbocycles. The minimum Gasteiger partial charge on any atom is -0.497 e. The van der Waals surface area contributed by atoms with Crippen molar-refractivity contribution in [2.75, 3.05) is 47.0 Å². The molecule has 0 atom stereocenters. The number of rotatable bonds is 9. The average Bonchev–Trinajstić information content (AvgIpc) is 2.92. The highest BCUT2D eigenvalue weighted by molar-refractivity contribution is 6.07. The number of methoxy groups -OCH3 is 2. The SMILES string of the molecule is COCCCN1C(=O)N(Cc2ccc(OC)cc2)C(=O)C12CCN(CC(C)C)CC2. The first-order chi connectivity index (χ1) is 14.4. The number of amides is 3. The lowest BCUT2D eigenvalue weighted by atomic mass is 9.85. The fourth-order valence-electron chi connectivity index (χ4n) is 4.62. The molecule has 3 rings (SSSR count). The summed E-state index contributed by atoms with van der Waals surface area (Å²) in [6.07, 6.45) is 2.11. The van der Waals surface area contributed by atoms with Crippen LogP contribution in [-0.4, -0.2) is 79.2 Å². The van der Waals surface area contributed by atoms with Crippen LogP contribution in [0.2, 0.25) is 0 Å². The summed E-state index contributed by atoms with van der Waals surface area (Å²) in [6.45, 7) is 8.54. The molecule has 30 heavy (non-hydrogen) atoms. The number of carbonyl (C=O) groups excluding carboxylic acids is 2. The molecular weight excluding hydrogens is 382 g/mol. The average molecular weight is 418 g/mol. The molecule has 1 aromatic rings. The summed E-state index contributed by atoms with van der Waals surface area (Å²) in [4.78, 5) is 32.6. The quantitative estimate of drug-likeness (QED) is 0.457. The van der Waals surface area contributed by atoms with Crippen LogP contribution in [0.15, 0.2) is 24.3 Å². The molecule has 3 amide bonds. The van der Waals surface area contributed by atoms with E-state index < -0.39 is 5.54 Å². The molecule has 0 N–H and O–H groups in total. The Morgan fingerprint density at radius 2 is 1.73 bits per heavy atom. The van der Waals surface area contributed by atoms with Crippen molar-refractivity contribution in [2.45, 2.75) is 45.2 Å². The third-order valence-electron chi connectivity index (χ3n) is 6.16. The van der Waals surface area contributed by atoms with Crippen LogP contribution < -0.4 is 4.74 Å². The number of imide groups is 1. The van der Waals surface area contributed by atoms with Gasteiger partial charge in [-0.1, -0.05) is 26.0 Å². The highest BCUT2D eigenvalue weighted by Crippen LogP contribution is 2.38. The Bertz CT molecular complexity index is 726. The van der Waals surface area contributed by atoms with Crippen LogP contribution in [-0.2, 0) is 16.1 Å². The van der Waals surface area contributed by atoms with Crippen molar-refractivity contribution < 1.29 is 19.1 Å². The van der Waals surface area contributed by atoms with E-state index >= 15 is 0 Å². The maximum Gasteiger partial charge on any atom is 0.327 e. The van der Waals surface area contributed by atoms with E-state index in [2.05, 4.69) is 18.7 Å². The molecule has 0 aliphatic carbocycles. The fourth-order valence-corrected chi connectivity index (χ4v) is 4.62. The molecule has 166 valence electrons. The molecule has 1 spiro atoms. The zero-order chi connectivity index (χ0) is 21.7. The number of urea groups is 1. The Hall–Kier alpha value is -2.12. The van der Waals surface area contributed by atoms with Gasteiger partial charge in [0.25, 0.3) is 5.91 Å². The van der Waals surface area contributed by atoms with Crippen molar-refractivity contribution in [1.29, 1.82) is 0 Å². The maximum atomic E-state index is 13.6. The van der Waals surface area contributed by atoms with Gasteiger partial charge in [0.15, 0.2) is 0 Å². The standard InChI is InChI=1S/C23H35N3O4/c1-18(2)16-24-13-10-23(11-14-24)21(27)25(22(28)26(23)12-5-15-29-3)17-19-6-8-20(30-4)9-7-19/h6-9,18H,5,10-17H2,1-4H3. The lowest BCUT2D eigenvalue weighted by Crippen LogP contribution is -2.57. The van der Waals surface area contributed by atoms with Crippen molar-refractivity contribution in [3.8, 4) is 5.75 Å². The molecule has 2 heterocycles. The van der Waals surface area contributed by atoms with Crippen LogP contribution in [0.3, 0.4) is 0 Å². The zero-order valence-electron chi connectivity index (χ0n) is 18.7. The van der Waals surface area contributed by atoms with Gasteiger partial charge in [0, 0.05) is 39.9 Å². The predicted molar refractivity (Wildman–Crippen MR) is 115 cm³/mol. The van der Waals surface area contributed by atoms with Gasteiger partial charge in [-0.25, -0.2) is 4.79 Å². The second-order valence-electron chi connectivity index (χ2n) is 8.75. The van der Waals surface area contributed by atoms with Crippen LogP contribution in [0.25, 0.3) is 0 Å². The molecule has 2 fully saturated rings. The molecule has 0 unspecified atom stereocenters. The Balaban J connectivity index is 1.78. The summed E-state index contributed by atoms with van der Waals surface area (Å²) < 4.78 is 10.4. The lowest BCUT2D eigenvalue weighted by molar-refractivity contribution is -0.136. The van der Waals surface area contributed by atoms with Crippen LogP contribution in [0.4, 0.5) is 4.79 Å². The largest absolute Gasteiger partial charge is 0.497 e. The Kier molecular flexibility index (Phi) is 7.36. The number of carbonyl (C=O) groups is 2. The Morgan fingerprint density at radius 3 is 2.30 bits per heavy atom. The smallest absolute Gasteiger partial charge is 0.327 e. The van der Waals surface area contributed by atoms with Crippen molar-refractivity contribution >= 4 is 11.9 Å². The normalized spacial score (nSPS) is 19.4. The third kappa shape index (κ3) is 4.62. The molecule has 2 saturated heterocycles. The monoisotopic (exact) mass is 417 g/mol. The number of hydrogen-bond acceptors (Lipinski definition) is 5. The molecule has 7 heteroatoms. The van der Waals surface area contributed by atoms with Crippen molar-refractivity contribution in [1.82, 2.24) is 14.7 Å². The van der Waals surface area contributed by atoms with Crippen molar-refractivity contribution in [2.24, 2.45) is 5.92 Å². The molecule has 0 aromatic heterocycles. The van der Waals surface area contributed by atoms with Gasteiger partial charge in [-0.05, 0) is 42.9 Å². The van der Waals surface area contributed by atoms with Crippen LogP contribution in [0, 0.1) is 5.92 Å². The highest BCUT2D eigenvalue weighted by atomic mass is 16.5. The van der Waals surface area contributed by atoms with E-state index in [1.54, 1.807) is 14.2 Å². The first-order valence-electron chi connectivity index (χ1n) is 10.9. The first kappa shape index (κ1) is 22.6. The summed E-state index contributed by atoms with van der Waals surface area (Å²) >= 11 is 0. The van der Waals surface area contributed by atoms with Crippen LogP contribution in [0.5, 0.6) is 5.75 Å². The summed E-state index contributed by atoms with van der Waals surface area (Å²) in [7, 11) is 3.28. The molecule has 0 radical (unpaired) electrons. The molecule has 7 nitrogen and oxygen atoms in total. The van der Waals surface area contributed by atoms with Gasteiger partial charge in [-0.2, -0.15) is 0 Å². The van der Waals surface area contributed by atoms with Gasteiger partial charge < -0.3 is 19.3 Å². The number of likely N-dealkylation sites (tertiary alicyclic amines) is 1. The van der Waals surface area contributed by atoms with Gasteiger partial charge >= 0.3 is 6.03 Å². The lowest BCUT2D eigenvalue weighted by Gasteiger charge is -2.42. The van der Waals surface area contributed by atoms with E-state index in [9.17, 15) is 9.59 Å². The molecular formula is C23H35N3O4. The summed E-state index contributed by atoms with van der Waals surface area (Å²) in [6, 6.07) is 7.35. The van der Waals surface area contributed by atoms with Crippen molar-refractivity contribution in [3.63, 3.8) is 0 Å². The molecule has 0 saturated carbocycles. The van der Waals surface area contributed by atoms with Gasteiger partial charge in [0.05, 0.1) is 13.7 Å². The van der Waals surface area contributed by atoms with Gasteiger partial charge in [0.2, 0.25) is 0 Å². The van der Waals surface area contributed by atoms with E-state index in [1.807, 2.05) is 29.2 Å². The predicted octanol–water partition coefficient (Wildman–Crippen LogP) is 2.99. The third-order valence-corrected chi connectivity index (χ3v) is 6.16. The Labute approximate surface area is 179 Å². The summed E-state index contributed by atoms with van der Waals surface area (Å²) in [5.41, 5.74) is 0.203. The summed E-state index contributed by atoms with van der Waals surface area (Å²) in [5.74, 6) is 1.29. The van der Waals surface area contributed by atoms with E-state index in [0.717, 1.165) is 37.4 Å². The number of benzene rings is 1. The van der Waals surface area contributed by atoms with Crippen molar-refractivity contribution in [3.05, 3.63) is 29.8 Å². The Morgan fingerprint density at radius 1 is 1.07 bits per heavy atom.